The van der Waals surface area contributed by atoms with Gasteiger partial charge in [0.1, 0.15) is 0 Å². The predicted molar refractivity (Wildman–Crippen MR) is 106 cm³/mol. The number of rotatable bonds is 15. The van der Waals surface area contributed by atoms with Gasteiger partial charge < -0.3 is 15.5 Å². The lowest BCUT2D eigenvalue weighted by atomic mass is 10.1. The van der Waals surface area contributed by atoms with E-state index in [2.05, 4.69) is 23.3 Å². The third-order valence-corrected chi connectivity index (χ3v) is 5.12. The molecule has 3 N–H and O–H groups in total. The zero-order valence-electron chi connectivity index (χ0n) is 15.8. The number of thiol groups is 1. The van der Waals surface area contributed by atoms with Crippen LogP contribution in [0.5, 0.6) is 0 Å². The molecule has 2 amide bonds. The third kappa shape index (κ3) is 13.2. The Balaban J connectivity index is 1.82. The van der Waals surface area contributed by atoms with Crippen LogP contribution in [0.3, 0.4) is 0 Å². The van der Waals surface area contributed by atoms with Gasteiger partial charge in [-0.05, 0) is 31.4 Å². The van der Waals surface area contributed by atoms with Crippen molar-refractivity contribution in [2.75, 3.05) is 38.5 Å². The highest BCUT2D eigenvalue weighted by Gasteiger charge is 2.14. The summed E-state index contributed by atoms with van der Waals surface area (Å²) >= 11 is 4.16. The lowest BCUT2D eigenvalue weighted by Gasteiger charge is -2.12. The van der Waals surface area contributed by atoms with Crippen molar-refractivity contribution in [2.24, 2.45) is 0 Å². The molecule has 25 heavy (non-hydrogen) atoms. The Morgan fingerprint density at radius 2 is 1.32 bits per heavy atom. The van der Waals surface area contributed by atoms with Crippen LogP contribution in [0.1, 0.15) is 70.6 Å². The Hall–Kier alpha value is -0.750. The molecule has 1 fully saturated rings. The number of hydrogen-bond acceptors (Lipinski definition) is 3. The monoisotopic (exact) mass is 372 g/mol. The van der Waals surface area contributed by atoms with Crippen LogP contribution in [0.25, 0.3) is 0 Å². The maximum Gasteiger partial charge on any atom is 0.219 e. The molecule has 0 aromatic carbocycles. The van der Waals surface area contributed by atoms with Crippen molar-refractivity contribution < 1.29 is 14.5 Å². The van der Waals surface area contributed by atoms with Gasteiger partial charge in [0.05, 0.1) is 19.6 Å². The highest BCUT2D eigenvalue weighted by Crippen LogP contribution is 2.02. The van der Waals surface area contributed by atoms with E-state index >= 15 is 0 Å². The highest BCUT2D eigenvalue weighted by molar-refractivity contribution is 7.80. The largest absolute Gasteiger partial charge is 0.356 e. The van der Waals surface area contributed by atoms with Crippen LogP contribution in [0.2, 0.25) is 0 Å². The number of likely N-dealkylation sites (tertiary alicyclic amines) is 1. The molecule has 1 aliphatic rings. The van der Waals surface area contributed by atoms with Gasteiger partial charge in [0.15, 0.2) is 0 Å². The number of nitrogens with one attached hydrogen (secondary N) is 3. The van der Waals surface area contributed by atoms with Gasteiger partial charge in [0, 0.05) is 45.2 Å². The zero-order chi connectivity index (χ0) is 18.2. The third-order valence-electron chi connectivity index (χ3n) is 4.80. The Bertz CT molecular complexity index is 361. The average molecular weight is 373 g/mol. The molecule has 0 radical (unpaired) electrons. The second-order valence-electron chi connectivity index (χ2n) is 7.11. The molecule has 0 aromatic heterocycles. The van der Waals surface area contributed by atoms with Crippen LogP contribution >= 0.6 is 12.6 Å². The standard InChI is InChI=1S/C19H37N3O2S/c23-18(11-4-2-8-17-25)20-12-5-1-3-10-19(24)21-13-9-16-22-14-6-7-15-22/h25H,1-17H2,(H,20,23)(H,21,24)/p+1. The van der Waals surface area contributed by atoms with Crippen molar-refractivity contribution in [3.63, 3.8) is 0 Å². The van der Waals surface area contributed by atoms with Gasteiger partial charge in [-0.2, -0.15) is 12.6 Å². The van der Waals surface area contributed by atoms with E-state index in [1.54, 1.807) is 4.90 Å². The Labute approximate surface area is 159 Å². The summed E-state index contributed by atoms with van der Waals surface area (Å²) in [6.07, 6.45) is 11.0. The van der Waals surface area contributed by atoms with E-state index in [0.717, 1.165) is 63.8 Å². The molecule has 0 atom stereocenters. The summed E-state index contributed by atoms with van der Waals surface area (Å²) in [5.41, 5.74) is 0. The van der Waals surface area contributed by atoms with E-state index in [0.29, 0.717) is 12.8 Å². The molecule has 1 heterocycles. The van der Waals surface area contributed by atoms with E-state index in [1.165, 1.54) is 32.5 Å². The topological polar surface area (TPSA) is 62.6 Å². The normalized spacial score (nSPS) is 14.6. The minimum atomic E-state index is 0.150. The molecule has 0 bridgehead atoms. The van der Waals surface area contributed by atoms with Gasteiger partial charge in [0.25, 0.3) is 0 Å². The van der Waals surface area contributed by atoms with Crippen LogP contribution in [0.4, 0.5) is 0 Å². The molecule has 0 aliphatic carbocycles. The van der Waals surface area contributed by atoms with Crippen molar-refractivity contribution in [1.82, 2.24) is 10.6 Å². The summed E-state index contributed by atoms with van der Waals surface area (Å²) in [6.45, 7) is 5.34. The Kier molecular flexibility index (Phi) is 13.8. The first kappa shape index (κ1) is 22.3. The van der Waals surface area contributed by atoms with Gasteiger partial charge in [0.2, 0.25) is 11.8 Å². The predicted octanol–water partition coefficient (Wildman–Crippen LogP) is 1.34. The molecule has 6 heteroatoms. The first-order chi connectivity index (χ1) is 12.2. The fourth-order valence-corrected chi connectivity index (χ4v) is 3.48. The summed E-state index contributed by atoms with van der Waals surface area (Å²) in [6, 6.07) is 0. The van der Waals surface area contributed by atoms with Crippen LogP contribution in [-0.4, -0.2) is 50.3 Å². The van der Waals surface area contributed by atoms with Crippen molar-refractivity contribution in [2.45, 2.75) is 70.6 Å². The minimum absolute atomic E-state index is 0.150. The summed E-state index contributed by atoms with van der Waals surface area (Å²) in [5, 5.41) is 5.98. The van der Waals surface area contributed by atoms with Crippen LogP contribution in [0, 0.1) is 0 Å². The van der Waals surface area contributed by atoms with Crippen molar-refractivity contribution >= 4 is 24.4 Å². The molecule has 1 saturated heterocycles. The maximum absolute atomic E-state index is 11.8. The van der Waals surface area contributed by atoms with Crippen molar-refractivity contribution in [3.8, 4) is 0 Å². The minimum Gasteiger partial charge on any atom is -0.356 e. The molecular weight excluding hydrogens is 334 g/mol. The molecule has 1 aliphatic heterocycles. The van der Waals surface area contributed by atoms with Crippen LogP contribution < -0.4 is 15.5 Å². The quantitative estimate of drug-likeness (QED) is 0.259. The molecular formula is C19H38N3O2S+. The van der Waals surface area contributed by atoms with Gasteiger partial charge in [-0.3, -0.25) is 9.59 Å². The van der Waals surface area contributed by atoms with E-state index in [1.807, 2.05) is 0 Å². The van der Waals surface area contributed by atoms with Crippen LogP contribution in [-0.2, 0) is 9.59 Å². The van der Waals surface area contributed by atoms with Gasteiger partial charge in [-0.1, -0.05) is 12.8 Å². The van der Waals surface area contributed by atoms with E-state index < -0.39 is 0 Å². The number of carbonyl (C=O) groups is 2. The lowest BCUT2D eigenvalue weighted by Crippen LogP contribution is -3.10. The first-order valence-electron chi connectivity index (χ1n) is 10.2. The zero-order valence-corrected chi connectivity index (χ0v) is 16.7. The summed E-state index contributed by atoms with van der Waals surface area (Å²) < 4.78 is 0. The van der Waals surface area contributed by atoms with E-state index in [9.17, 15) is 9.59 Å². The number of amides is 2. The SMILES string of the molecule is O=C(CCCCCS)NCCCCCC(=O)NCCC[NH+]1CCCC1. The molecule has 146 valence electrons. The van der Waals surface area contributed by atoms with Gasteiger partial charge >= 0.3 is 0 Å². The van der Waals surface area contributed by atoms with Gasteiger partial charge in [-0.15, -0.1) is 0 Å². The Morgan fingerprint density at radius 1 is 0.760 bits per heavy atom. The Morgan fingerprint density at radius 3 is 1.92 bits per heavy atom. The second-order valence-corrected chi connectivity index (χ2v) is 7.55. The average Bonchev–Trinajstić information content (AvgIpc) is 3.12. The van der Waals surface area contributed by atoms with Crippen molar-refractivity contribution in [3.05, 3.63) is 0 Å². The van der Waals surface area contributed by atoms with E-state index in [-0.39, 0.29) is 11.8 Å². The second kappa shape index (κ2) is 15.5. The fourth-order valence-electron chi connectivity index (χ4n) is 3.26. The first-order valence-corrected chi connectivity index (χ1v) is 10.8. The number of carbonyl (C=O) groups excluding carboxylic acids is 2. The highest BCUT2D eigenvalue weighted by atomic mass is 32.1. The molecule has 1 rings (SSSR count). The van der Waals surface area contributed by atoms with Crippen molar-refractivity contribution in [1.29, 1.82) is 0 Å². The van der Waals surface area contributed by atoms with Gasteiger partial charge in [-0.25, -0.2) is 0 Å². The summed E-state index contributed by atoms with van der Waals surface area (Å²) in [7, 11) is 0. The molecule has 5 nitrogen and oxygen atoms in total. The number of quaternary nitrogens is 1. The van der Waals surface area contributed by atoms with E-state index in [4.69, 9.17) is 0 Å². The molecule has 0 saturated carbocycles. The number of hydrogen-bond donors (Lipinski definition) is 4. The maximum atomic E-state index is 11.8. The molecule has 0 spiro atoms. The fraction of sp³-hybridized carbons (Fsp3) is 0.895. The molecule has 0 aromatic rings. The molecule has 0 unspecified atom stereocenters. The lowest BCUT2D eigenvalue weighted by molar-refractivity contribution is -0.887. The van der Waals surface area contributed by atoms with Crippen LogP contribution in [0.15, 0.2) is 0 Å². The summed E-state index contributed by atoms with van der Waals surface area (Å²) in [5.74, 6) is 1.22. The smallest absolute Gasteiger partial charge is 0.219 e. The summed E-state index contributed by atoms with van der Waals surface area (Å²) in [4.78, 5) is 25.0. The number of unbranched alkanes of at least 4 members (excludes halogenated alkanes) is 4.